The van der Waals surface area contributed by atoms with E-state index in [-0.39, 0.29) is 13.2 Å². The molecule has 2 fully saturated rings. The zero-order valence-electron chi connectivity index (χ0n) is 9.33. The fourth-order valence-electron chi connectivity index (χ4n) is 2.11. The third-order valence-electron chi connectivity index (χ3n) is 3.10. The molecule has 0 radical (unpaired) electrons. The van der Waals surface area contributed by atoms with Crippen molar-refractivity contribution in [2.75, 3.05) is 26.3 Å². The zero-order chi connectivity index (χ0) is 12.5. The molecule has 8 heteroatoms. The van der Waals surface area contributed by atoms with Crippen molar-refractivity contribution in [2.24, 2.45) is 5.92 Å². The van der Waals surface area contributed by atoms with Gasteiger partial charge in [-0.1, -0.05) is 0 Å². The molecule has 2 atom stereocenters. The Morgan fingerprint density at radius 2 is 1.94 bits per heavy atom. The van der Waals surface area contributed by atoms with Gasteiger partial charge in [0.1, 0.15) is 0 Å². The third-order valence-corrected chi connectivity index (χ3v) is 4.75. The van der Waals surface area contributed by atoms with Crippen LogP contribution in [-0.4, -0.2) is 56.1 Å². The zero-order valence-corrected chi connectivity index (χ0v) is 10.1. The van der Waals surface area contributed by atoms with Gasteiger partial charge in [-0.05, 0) is 12.8 Å². The minimum Gasteiger partial charge on any atom is -0.481 e. The lowest BCUT2D eigenvalue weighted by Crippen LogP contribution is -2.48. The van der Waals surface area contributed by atoms with Crippen molar-refractivity contribution in [2.45, 2.75) is 18.9 Å². The Kier molecular flexibility index (Phi) is 3.67. The highest BCUT2D eigenvalue weighted by atomic mass is 32.2. The second-order valence-corrected chi connectivity index (χ2v) is 6.02. The van der Waals surface area contributed by atoms with Gasteiger partial charge in [-0.2, -0.15) is 17.4 Å². The average molecular weight is 264 g/mol. The van der Waals surface area contributed by atoms with E-state index in [0.717, 1.165) is 12.8 Å². The summed E-state index contributed by atoms with van der Waals surface area (Å²) >= 11 is 0. The molecule has 2 heterocycles. The highest BCUT2D eigenvalue weighted by Crippen LogP contribution is 2.17. The monoisotopic (exact) mass is 264 g/mol. The summed E-state index contributed by atoms with van der Waals surface area (Å²) in [6.07, 6.45) is 1.70. The minimum absolute atomic E-state index is 0.0581. The van der Waals surface area contributed by atoms with Gasteiger partial charge in [0.25, 0.3) is 10.2 Å². The van der Waals surface area contributed by atoms with Crippen molar-refractivity contribution in [3.63, 3.8) is 0 Å². The molecule has 98 valence electrons. The van der Waals surface area contributed by atoms with E-state index < -0.39 is 28.1 Å². The van der Waals surface area contributed by atoms with E-state index in [0.29, 0.717) is 13.1 Å². The standard InChI is InChI=1S/C9H16N2O5S/c12-9(13)7-5-16-6-8(7)10-17(14,15)11-3-1-2-4-11/h7-8,10H,1-6H2,(H,12,13). The topological polar surface area (TPSA) is 95.9 Å². The Bertz CT molecular complexity index is 390. The quantitative estimate of drug-likeness (QED) is 0.680. The lowest BCUT2D eigenvalue weighted by molar-refractivity contribution is -0.142. The molecule has 2 aliphatic heterocycles. The Hall–Kier alpha value is -0.700. The van der Waals surface area contributed by atoms with Crippen LogP contribution in [0.4, 0.5) is 0 Å². The molecule has 2 aliphatic rings. The first-order chi connectivity index (χ1) is 8.00. The van der Waals surface area contributed by atoms with Crippen LogP contribution in [0.2, 0.25) is 0 Å². The van der Waals surface area contributed by atoms with Crippen LogP contribution in [0.15, 0.2) is 0 Å². The highest BCUT2D eigenvalue weighted by Gasteiger charge is 2.38. The van der Waals surface area contributed by atoms with Gasteiger partial charge in [0, 0.05) is 13.1 Å². The summed E-state index contributed by atoms with van der Waals surface area (Å²) in [5.74, 6) is -1.83. The molecule has 0 saturated carbocycles. The molecule has 0 aromatic heterocycles. The Morgan fingerprint density at radius 3 is 2.53 bits per heavy atom. The first-order valence-corrected chi connectivity index (χ1v) is 7.02. The number of rotatable bonds is 4. The normalized spacial score (nSPS) is 30.8. The van der Waals surface area contributed by atoms with Gasteiger partial charge in [0.15, 0.2) is 0 Å². The van der Waals surface area contributed by atoms with E-state index in [1.54, 1.807) is 0 Å². The third kappa shape index (κ3) is 2.76. The van der Waals surface area contributed by atoms with Crippen molar-refractivity contribution in [1.82, 2.24) is 9.03 Å². The molecule has 0 aromatic rings. The van der Waals surface area contributed by atoms with E-state index in [9.17, 15) is 13.2 Å². The van der Waals surface area contributed by atoms with E-state index in [2.05, 4.69) is 4.72 Å². The number of hydrogen-bond donors (Lipinski definition) is 2. The number of carboxylic acid groups (broad SMARTS) is 1. The van der Waals surface area contributed by atoms with Crippen LogP contribution in [0.25, 0.3) is 0 Å². The van der Waals surface area contributed by atoms with Crippen LogP contribution in [0.5, 0.6) is 0 Å². The van der Waals surface area contributed by atoms with Crippen molar-refractivity contribution in [1.29, 1.82) is 0 Å². The summed E-state index contributed by atoms with van der Waals surface area (Å²) in [5, 5.41) is 8.92. The number of carbonyl (C=O) groups is 1. The summed E-state index contributed by atoms with van der Waals surface area (Å²) in [7, 11) is -3.57. The summed E-state index contributed by atoms with van der Waals surface area (Å²) in [5.41, 5.74) is 0. The summed E-state index contributed by atoms with van der Waals surface area (Å²) in [4.78, 5) is 10.9. The number of ether oxygens (including phenoxy) is 1. The number of hydrogen-bond acceptors (Lipinski definition) is 4. The molecule has 2 N–H and O–H groups in total. The summed E-state index contributed by atoms with van der Waals surface area (Å²) in [6, 6.07) is -0.668. The molecule has 0 aliphatic carbocycles. The van der Waals surface area contributed by atoms with E-state index in [1.165, 1.54) is 4.31 Å². The van der Waals surface area contributed by atoms with Crippen molar-refractivity contribution >= 4 is 16.2 Å². The van der Waals surface area contributed by atoms with Gasteiger partial charge < -0.3 is 9.84 Å². The molecule has 2 rings (SSSR count). The number of aliphatic carboxylic acids is 1. The summed E-state index contributed by atoms with van der Waals surface area (Å²) in [6.45, 7) is 1.17. The van der Waals surface area contributed by atoms with Crippen molar-refractivity contribution in [3.8, 4) is 0 Å². The van der Waals surface area contributed by atoms with E-state index in [4.69, 9.17) is 9.84 Å². The van der Waals surface area contributed by atoms with Gasteiger partial charge in [-0.3, -0.25) is 4.79 Å². The van der Waals surface area contributed by atoms with Crippen LogP contribution < -0.4 is 4.72 Å². The molecule has 0 spiro atoms. The average Bonchev–Trinajstić information content (AvgIpc) is 2.85. The fraction of sp³-hybridized carbons (Fsp3) is 0.889. The summed E-state index contributed by atoms with van der Waals surface area (Å²) < 4.78 is 32.6. The Morgan fingerprint density at radius 1 is 1.29 bits per heavy atom. The second kappa shape index (κ2) is 4.89. The molecule has 0 aromatic carbocycles. The van der Waals surface area contributed by atoms with Crippen molar-refractivity contribution < 1.29 is 23.1 Å². The Labute approximate surface area is 99.9 Å². The molecular weight excluding hydrogens is 248 g/mol. The highest BCUT2D eigenvalue weighted by molar-refractivity contribution is 7.87. The van der Waals surface area contributed by atoms with Crippen LogP contribution >= 0.6 is 0 Å². The van der Waals surface area contributed by atoms with Crippen molar-refractivity contribution in [3.05, 3.63) is 0 Å². The predicted octanol–water partition coefficient (Wildman–Crippen LogP) is -0.984. The largest absolute Gasteiger partial charge is 0.481 e. The number of nitrogens with zero attached hydrogens (tertiary/aromatic N) is 1. The molecule has 0 amide bonds. The van der Waals surface area contributed by atoms with Gasteiger partial charge in [-0.25, -0.2) is 0 Å². The van der Waals surface area contributed by atoms with Gasteiger partial charge >= 0.3 is 5.97 Å². The first-order valence-electron chi connectivity index (χ1n) is 5.58. The molecule has 2 unspecified atom stereocenters. The maximum Gasteiger partial charge on any atom is 0.310 e. The molecule has 17 heavy (non-hydrogen) atoms. The lowest BCUT2D eigenvalue weighted by atomic mass is 10.1. The Balaban J connectivity index is 2.02. The fourth-order valence-corrected chi connectivity index (χ4v) is 3.61. The SMILES string of the molecule is O=C(O)C1COCC1NS(=O)(=O)N1CCCC1. The second-order valence-electron chi connectivity index (χ2n) is 4.32. The first kappa shape index (κ1) is 12.7. The van der Waals surface area contributed by atoms with Crippen LogP contribution in [0.1, 0.15) is 12.8 Å². The molecule has 2 saturated heterocycles. The maximum atomic E-state index is 11.9. The number of nitrogens with one attached hydrogen (secondary N) is 1. The van der Waals surface area contributed by atoms with Gasteiger partial charge in [0.2, 0.25) is 0 Å². The van der Waals surface area contributed by atoms with Crippen LogP contribution in [0.3, 0.4) is 0 Å². The van der Waals surface area contributed by atoms with Crippen LogP contribution in [0, 0.1) is 5.92 Å². The van der Waals surface area contributed by atoms with E-state index >= 15 is 0 Å². The minimum atomic E-state index is -3.57. The smallest absolute Gasteiger partial charge is 0.310 e. The van der Waals surface area contributed by atoms with Gasteiger partial charge in [0.05, 0.1) is 25.2 Å². The number of carboxylic acids is 1. The van der Waals surface area contributed by atoms with E-state index in [1.807, 2.05) is 0 Å². The molecule has 0 bridgehead atoms. The lowest BCUT2D eigenvalue weighted by Gasteiger charge is -2.21. The molecule has 7 nitrogen and oxygen atoms in total. The maximum absolute atomic E-state index is 11.9. The predicted molar refractivity (Wildman–Crippen MR) is 58.6 cm³/mol. The van der Waals surface area contributed by atoms with Crippen LogP contribution in [-0.2, 0) is 19.7 Å². The van der Waals surface area contributed by atoms with Gasteiger partial charge in [-0.15, -0.1) is 0 Å². The molecular formula is C9H16N2O5S.